The molecule has 136 valence electrons. The largest absolute Gasteiger partial charge is 0.394 e. The summed E-state index contributed by atoms with van der Waals surface area (Å²) in [7, 11) is 0. The molecule has 0 amide bonds. The number of aliphatic hydroxyl groups excluding tert-OH is 4. The van der Waals surface area contributed by atoms with E-state index in [1.165, 1.54) is 0 Å². The van der Waals surface area contributed by atoms with E-state index in [1.807, 2.05) is 42.5 Å². The molecule has 0 spiro atoms. The van der Waals surface area contributed by atoms with E-state index in [1.54, 1.807) is 0 Å². The third-order valence-electron chi connectivity index (χ3n) is 4.59. The first-order valence-electron chi connectivity index (χ1n) is 8.22. The maximum atomic E-state index is 10.2. The Labute approximate surface area is 148 Å². The van der Waals surface area contributed by atoms with E-state index in [-0.39, 0.29) is 5.89 Å². The van der Waals surface area contributed by atoms with Crippen LogP contribution in [0.15, 0.2) is 47.0 Å². The number of hydrogen-bond acceptors (Lipinski definition) is 8. The lowest BCUT2D eigenvalue weighted by molar-refractivity contribution is -0.237. The molecular formula is C18H18N2O6. The Morgan fingerprint density at radius 2 is 1.69 bits per heavy atom. The number of rotatable bonds is 3. The molecule has 8 nitrogen and oxygen atoms in total. The van der Waals surface area contributed by atoms with E-state index in [0.29, 0.717) is 5.82 Å². The molecule has 1 aromatic heterocycles. The zero-order chi connectivity index (χ0) is 18.3. The van der Waals surface area contributed by atoms with Crippen LogP contribution in [-0.4, -0.2) is 61.6 Å². The molecule has 0 aliphatic carbocycles. The van der Waals surface area contributed by atoms with Gasteiger partial charge in [0.25, 0.3) is 5.89 Å². The van der Waals surface area contributed by atoms with Gasteiger partial charge in [-0.1, -0.05) is 41.6 Å². The highest BCUT2D eigenvalue weighted by molar-refractivity contribution is 5.86. The molecule has 0 radical (unpaired) electrons. The predicted octanol–water partition coefficient (Wildman–Crippen LogP) is 0.405. The smallest absolute Gasteiger partial charge is 0.258 e. The molecule has 2 aromatic carbocycles. The maximum absolute atomic E-state index is 10.2. The Bertz CT molecular complexity index is 911. The van der Waals surface area contributed by atoms with E-state index in [2.05, 4.69) is 10.1 Å². The van der Waals surface area contributed by atoms with Gasteiger partial charge in [0.15, 0.2) is 6.10 Å². The van der Waals surface area contributed by atoms with Crippen molar-refractivity contribution in [1.82, 2.24) is 10.1 Å². The van der Waals surface area contributed by atoms with Gasteiger partial charge >= 0.3 is 0 Å². The van der Waals surface area contributed by atoms with Crippen LogP contribution in [0.5, 0.6) is 0 Å². The summed E-state index contributed by atoms with van der Waals surface area (Å²) >= 11 is 0. The summed E-state index contributed by atoms with van der Waals surface area (Å²) in [6.45, 7) is -0.521. The first-order valence-corrected chi connectivity index (χ1v) is 8.22. The minimum absolute atomic E-state index is 0.0370. The van der Waals surface area contributed by atoms with Crippen LogP contribution in [0.25, 0.3) is 22.2 Å². The van der Waals surface area contributed by atoms with Crippen LogP contribution in [0, 0.1) is 0 Å². The number of benzene rings is 2. The Balaban J connectivity index is 1.64. The fourth-order valence-corrected chi connectivity index (χ4v) is 3.10. The summed E-state index contributed by atoms with van der Waals surface area (Å²) in [5.41, 5.74) is 0.725. The van der Waals surface area contributed by atoms with E-state index >= 15 is 0 Å². The van der Waals surface area contributed by atoms with Crippen molar-refractivity contribution < 1.29 is 29.7 Å². The fraction of sp³-hybridized carbons (Fsp3) is 0.333. The van der Waals surface area contributed by atoms with Crippen molar-refractivity contribution in [3.8, 4) is 11.4 Å². The number of aliphatic hydroxyl groups is 4. The summed E-state index contributed by atoms with van der Waals surface area (Å²) in [5.74, 6) is 0.271. The Hall–Kier alpha value is -2.36. The zero-order valence-electron chi connectivity index (χ0n) is 13.6. The van der Waals surface area contributed by atoms with E-state index in [4.69, 9.17) is 9.26 Å². The van der Waals surface area contributed by atoms with E-state index in [9.17, 15) is 20.4 Å². The van der Waals surface area contributed by atoms with Crippen molar-refractivity contribution in [3.05, 3.63) is 48.4 Å². The minimum atomic E-state index is -1.50. The van der Waals surface area contributed by atoms with Crippen molar-refractivity contribution in [3.63, 3.8) is 0 Å². The van der Waals surface area contributed by atoms with Gasteiger partial charge in [0.1, 0.15) is 24.4 Å². The van der Waals surface area contributed by atoms with E-state index < -0.39 is 37.1 Å². The summed E-state index contributed by atoms with van der Waals surface area (Å²) in [6, 6.07) is 13.6. The van der Waals surface area contributed by atoms with Crippen LogP contribution >= 0.6 is 0 Å². The van der Waals surface area contributed by atoms with Crippen molar-refractivity contribution in [2.75, 3.05) is 6.61 Å². The third kappa shape index (κ3) is 2.87. The minimum Gasteiger partial charge on any atom is -0.394 e. The van der Waals surface area contributed by atoms with Gasteiger partial charge in [-0.15, -0.1) is 0 Å². The van der Waals surface area contributed by atoms with Crippen LogP contribution in [-0.2, 0) is 4.74 Å². The van der Waals surface area contributed by atoms with Gasteiger partial charge in [0.2, 0.25) is 5.82 Å². The highest BCUT2D eigenvalue weighted by Crippen LogP contribution is 2.32. The second-order valence-electron chi connectivity index (χ2n) is 6.27. The molecule has 4 N–H and O–H groups in total. The molecule has 0 bridgehead atoms. The molecule has 5 atom stereocenters. The first kappa shape index (κ1) is 17.1. The molecule has 1 saturated heterocycles. The Morgan fingerprint density at radius 1 is 0.923 bits per heavy atom. The average Bonchev–Trinajstić information content (AvgIpc) is 3.16. The highest BCUT2D eigenvalue weighted by Gasteiger charge is 2.46. The van der Waals surface area contributed by atoms with Gasteiger partial charge in [-0.3, -0.25) is 0 Å². The third-order valence-corrected chi connectivity index (χ3v) is 4.59. The van der Waals surface area contributed by atoms with Crippen LogP contribution in [0.1, 0.15) is 12.0 Å². The first-order chi connectivity index (χ1) is 12.6. The molecule has 4 rings (SSSR count). The van der Waals surface area contributed by atoms with E-state index in [0.717, 1.165) is 16.3 Å². The lowest BCUT2D eigenvalue weighted by Gasteiger charge is -2.38. The van der Waals surface area contributed by atoms with Gasteiger partial charge in [-0.2, -0.15) is 4.98 Å². The van der Waals surface area contributed by atoms with Crippen molar-refractivity contribution in [1.29, 1.82) is 0 Å². The quantitative estimate of drug-likeness (QED) is 0.530. The van der Waals surface area contributed by atoms with Crippen LogP contribution in [0.4, 0.5) is 0 Å². The van der Waals surface area contributed by atoms with Gasteiger partial charge in [0.05, 0.1) is 6.61 Å². The number of aromatic nitrogens is 2. The van der Waals surface area contributed by atoms with Crippen LogP contribution in [0.2, 0.25) is 0 Å². The summed E-state index contributed by atoms with van der Waals surface area (Å²) < 4.78 is 10.6. The SMILES string of the molecule is OC[C@H]1O[C@@H](c2nc(-c3ccc4ccccc4c3)no2)[C@H](O)[C@@H](O)[C@@H]1O. The molecule has 0 unspecified atom stereocenters. The van der Waals surface area contributed by atoms with Gasteiger partial charge in [-0.25, -0.2) is 0 Å². The Kier molecular flexibility index (Phi) is 4.43. The van der Waals surface area contributed by atoms with Gasteiger partial charge < -0.3 is 29.7 Å². The lowest BCUT2D eigenvalue weighted by Crippen LogP contribution is -2.55. The molecule has 8 heteroatoms. The number of nitrogens with zero attached hydrogens (tertiary/aromatic N) is 2. The summed E-state index contributed by atoms with van der Waals surface area (Å²) in [4.78, 5) is 4.25. The van der Waals surface area contributed by atoms with Crippen LogP contribution < -0.4 is 0 Å². The molecule has 1 fully saturated rings. The molecule has 0 saturated carbocycles. The normalized spacial score (nSPS) is 29.2. The maximum Gasteiger partial charge on any atom is 0.258 e. The summed E-state index contributed by atoms with van der Waals surface area (Å²) in [6.07, 6.45) is -6.57. The predicted molar refractivity (Wildman–Crippen MR) is 90.0 cm³/mol. The number of hydrogen-bond donors (Lipinski definition) is 4. The van der Waals surface area contributed by atoms with Crippen molar-refractivity contribution >= 4 is 10.8 Å². The second-order valence-corrected chi connectivity index (χ2v) is 6.27. The zero-order valence-corrected chi connectivity index (χ0v) is 13.6. The lowest BCUT2D eigenvalue weighted by atomic mass is 9.95. The van der Waals surface area contributed by atoms with Gasteiger partial charge in [0, 0.05) is 5.56 Å². The molecule has 1 aliphatic heterocycles. The number of ether oxygens (including phenoxy) is 1. The molecule has 3 aromatic rings. The molecule has 26 heavy (non-hydrogen) atoms. The van der Waals surface area contributed by atoms with Crippen LogP contribution in [0.3, 0.4) is 0 Å². The fourth-order valence-electron chi connectivity index (χ4n) is 3.10. The van der Waals surface area contributed by atoms with Gasteiger partial charge in [-0.05, 0) is 16.8 Å². The molecular weight excluding hydrogens is 340 g/mol. The second kappa shape index (κ2) is 6.75. The Morgan fingerprint density at radius 3 is 2.46 bits per heavy atom. The molecule has 2 heterocycles. The monoisotopic (exact) mass is 358 g/mol. The standard InChI is InChI=1S/C18H18N2O6/c21-8-12-13(22)14(23)15(24)16(25-12)18-19-17(20-26-18)11-6-5-9-3-1-2-4-10(9)7-11/h1-7,12-16,21-24H,8H2/t12-,13-,14+,15-,16-/m1/s1. The average molecular weight is 358 g/mol. The topological polar surface area (TPSA) is 129 Å². The number of fused-ring (bicyclic) bond motifs is 1. The van der Waals surface area contributed by atoms with Crippen molar-refractivity contribution in [2.45, 2.75) is 30.5 Å². The summed E-state index contributed by atoms with van der Waals surface area (Å²) in [5, 5.41) is 45.2. The van der Waals surface area contributed by atoms with Crippen molar-refractivity contribution in [2.24, 2.45) is 0 Å². The molecule has 1 aliphatic rings. The highest BCUT2D eigenvalue weighted by atomic mass is 16.6.